The lowest BCUT2D eigenvalue weighted by molar-refractivity contribution is -0.155. The summed E-state index contributed by atoms with van der Waals surface area (Å²) >= 11 is 12.0. The van der Waals surface area contributed by atoms with Gasteiger partial charge in [0, 0.05) is 0 Å². The molecule has 0 bridgehead atoms. The fourth-order valence-corrected chi connectivity index (χ4v) is 4.63. The molecule has 1 aromatic carbocycles. The molecule has 2 aliphatic carbocycles. The number of carboxylic acids is 1. The monoisotopic (exact) mass is 326 g/mol. The number of hydrogen-bond donors (Lipinski definition) is 1. The van der Waals surface area contributed by atoms with Gasteiger partial charge in [-0.3, -0.25) is 4.79 Å². The van der Waals surface area contributed by atoms with Crippen LogP contribution in [-0.2, 0) is 10.2 Å². The average molecular weight is 327 g/mol. The molecule has 1 aromatic rings. The van der Waals surface area contributed by atoms with Crippen LogP contribution in [-0.4, -0.2) is 11.1 Å². The SMILES string of the molecule is O=C(O)C1(c2ccc(Cl)c(Cl)c2)CC2(CCCCCC2)C1. The Morgan fingerprint density at radius 1 is 1.00 bits per heavy atom. The van der Waals surface area contributed by atoms with Gasteiger partial charge in [0.2, 0.25) is 0 Å². The van der Waals surface area contributed by atoms with E-state index in [1.165, 1.54) is 38.5 Å². The van der Waals surface area contributed by atoms with Crippen LogP contribution in [0.15, 0.2) is 18.2 Å². The second-order valence-corrected chi connectivity index (χ2v) is 7.60. The van der Waals surface area contributed by atoms with E-state index in [1.807, 2.05) is 6.07 Å². The molecule has 4 heteroatoms. The maximum absolute atomic E-state index is 11.9. The molecule has 0 atom stereocenters. The highest BCUT2D eigenvalue weighted by molar-refractivity contribution is 6.42. The molecule has 1 spiro atoms. The minimum atomic E-state index is -0.765. The highest BCUT2D eigenvalue weighted by Crippen LogP contribution is 2.61. The third-order valence-electron chi connectivity index (χ3n) is 5.40. The summed E-state index contributed by atoms with van der Waals surface area (Å²) in [4.78, 5) is 11.9. The Bertz CT molecular complexity index is 552. The Morgan fingerprint density at radius 3 is 2.14 bits per heavy atom. The van der Waals surface area contributed by atoms with Crippen LogP contribution < -0.4 is 0 Å². The van der Waals surface area contributed by atoms with Crippen molar-refractivity contribution in [3.05, 3.63) is 33.8 Å². The summed E-state index contributed by atoms with van der Waals surface area (Å²) in [5.74, 6) is -0.726. The van der Waals surface area contributed by atoms with Gasteiger partial charge in [-0.1, -0.05) is 55.0 Å². The first kappa shape index (κ1) is 15.2. The maximum atomic E-state index is 11.9. The summed E-state index contributed by atoms with van der Waals surface area (Å²) in [7, 11) is 0. The van der Waals surface area contributed by atoms with Crippen LogP contribution in [0.1, 0.15) is 56.9 Å². The molecule has 0 saturated heterocycles. The van der Waals surface area contributed by atoms with Gasteiger partial charge in [0.1, 0.15) is 0 Å². The number of benzene rings is 1. The Balaban J connectivity index is 1.89. The lowest BCUT2D eigenvalue weighted by Crippen LogP contribution is -2.54. The van der Waals surface area contributed by atoms with Crippen LogP contribution in [0.5, 0.6) is 0 Å². The fraction of sp³-hybridized carbons (Fsp3) is 0.588. The van der Waals surface area contributed by atoms with Gasteiger partial charge in [0.25, 0.3) is 0 Å². The van der Waals surface area contributed by atoms with Crippen molar-refractivity contribution < 1.29 is 9.90 Å². The summed E-state index contributed by atoms with van der Waals surface area (Å²) in [6, 6.07) is 5.27. The number of carbonyl (C=O) groups is 1. The molecule has 3 rings (SSSR count). The lowest BCUT2D eigenvalue weighted by Gasteiger charge is -2.54. The smallest absolute Gasteiger partial charge is 0.314 e. The van der Waals surface area contributed by atoms with E-state index in [1.54, 1.807) is 12.1 Å². The van der Waals surface area contributed by atoms with E-state index in [0.29, 0.717) is 10.0 Å². The molecule has 0 aliphatic heterocycles. The third kappa shape index (κ3) is 2.57. The zero-order chi connectivity index (χ0) is 15.1. The van der Waals surface area contributed by atoms with Crippen molar-refractivity contribution in [3.8, 4) is 0 Å². The summed E-state index contributed by atoms with van der Waals surface area (Å²) in [6.45, 7) is 0. The average Bonchev–Trinajstić information content (AvgIpc) is 2.65. The minimum Gasteiger partial charge on any atom is -0.481 e. The van der Waals surface area contributed by atoms with Crippen LogP contribution in [0, 0.1) is 5.41 Å². The Labute approximate surface area is 135 Å². The van der Waals surface area contributed by atoms with E-state index >= 15 is 0 Å². The molecule has 0 aromatic heterocycles. The number of rotatable bonds is 2. The quantitative estimate of drug-likeness (QED) is 0.784. The molecule has 2 nitrogen and oxygen atoms in total. The second kappa shape index (κ2) is 5.48. The molecule has 2 aliphatic rings. The van der Waals surface area contributed by atoms with Crippen molar-refractivity contribution >= 4 is 29.2 Å². The van der Waals surface area contributed by atoms with Crippen molar-refractivity contribution in [2.45, 2.75) is 56.8 Å². The first-order valence-electron chi connectivity index (χ1n) is 7.67. The molecule has 0 radical (unpaired) electrons. The number of hydrogen-bond acceptors (Lipinski definition) is 1. The summed E-state index contributed by atoms with van der Waals surface area (Å²) < 4.78 is 0. The number of halogens is 2. The van der Waals surface area contributed by atoms with Crippen LogP contribution in [0.4, 0.5) is 0 Å². The summed E-state index contributed by atoms with van der Waals surface area (Å²) in [5, 5.41) is 10.7. The van der Waals surface area contributed by atoms with Crippen LogP contribution in [0.2, 0.25) is 10.0 Å². The number of aliphatic carboxylic acids is 1. The predicted molar refractivity (Wildman–Crippen MR) is 85.1 cm³/mol. The zero-order valence-corrected chi connectivity index (χ0v) is 13.5. The largest absolute Gasteiger partial charge is 0.481 e. The van der Waals surface area contributed by atoms with Crippen molar-refractivity contribution in [3.63, 3.8) is 0 Å². The molecule has 1 N–H and O–H groups in total. The first-order chi connectivity index (χ1) is 9.97. The first-order valence-corrected chi connectivity index (χ1v) is 8.42. The van der Waals surface area contributed by atoms with Gasteiger partial charge >= 0.3 is 5.97 Å². The third-order valence-corrected chi connectivity index (χ3v) is 6.14. The summed E-state index contributed by atoms with van der Waals surface area (Å²) in [6.07, 6.45) is 8.87. The van der Waals surface area contributed by atoms with Gasteiger partial charge in [-0.05, 0) is 48.8 Å². The fourth-order valence-electron chi connectivity index (χ4n) is 4.33. The van der Waals surface area contributed by atoms with E-state index in [-0.39, 0.29) is 5.41 Å². The molecule has 0 amide bonds. The Hall–Kier alpha value is -0.730. The van der Waals surface area contributed by atoms with Crippen LogP contribution >= 0.6 is 23.2 Å². The molecule has 2 fully saturated rings. The van der Waals surface area contributed by atoms with Gasteiger partial charge in [-0.2, -0.15) is 0 Å². The normalized spacial score (nSPS) is 23.3. The molecular weight excluding hydrogens is 307 g/mol. The molecule has 114 valence electrons. The van der Waals surface area contributed by atoms with E-state index in [2.05, 4.69) is 0 Å². The van der Waals surface area contributed by atoms with Crippen molar-refractivity contribution in [1.29, 1.82) is 0 Å². The van der Waals surface area contributed by atoms with E-state index < -0.39 is 11.4 Å². The van der Waals surface area contributed by atoms with Gasteiger partial charge in [-0.15, -0.1) is 0 Å². The van der Waals surface area contributed by atoms with Crippen LogP contribution in [0.25, 0.3) is 0 Å². The molecular formula is C17H20Cl2O2. The molecule has 0 unspecified atom stereocenters. The predicted octanol–water partition coefficient (Wildman–Crippen LogP) is 5.45. The van der Waals surface area contributed by atoms with E-state index in [0.717, 1.165) is 18.4 Å². The highest BCUT2D eigenvalue weighted by atomic mass is 35.5. The number of carboxylic acid groups (broad SMARTS) is 1. The zero-order valence-electron chi connectivity index (χ0n) is 12.0. The van der Waals surface area contributed by atoms with E-state index in [4.69, 9.17) is 23.2 Å². The topological polar surface area (TPSA) is 37.3 Å². The second-order valence-electron chi connectivity index (χ2n) is 6.78. The van der Waals surface area contributed by atoms with Gasteiger partial charge in [-0.25, -0.2) is 0 Å². The Morgan fingerprint density at radius 2 is 1.62 bits per heavy atom. The highest BCUT2D eigenvalue weighted by Gasteiger charge is 2.59. The Kier molecular flexibility index (Phi) is 3.96. The van der Waals surface area contributed by atoms with Gasteiger partial charge in [0.15, 0.2) is 0 Å². The lowest BCUT2D eigenvalue weighted by atomic mass is 9.48. The molecule has 0 heterocycles. The van der Waals surface area contributed by atoms with Gasteiger partial charge < -0.3 is 5.11 Å². The molecule has 2 saturated carbocycles. The van der Waals surface area contributed by atoms with Crippen molar-refractivity contribution in [2.75, 3.05) is 0 Å². The van der Waals surface area contributed by atoms with Crippen molar-refractivity contribution in [2.24, 2.45) is 5.41 Å². The minimum absolute atomic E-state index is 0.237. The standard InChI is InChI=1S/C17H20Cl2O2/c18-13-6-5-12(9-14(13)19)17(15(20)21)10-16(11-17)7-3-1-2-4-8-16/h5-6,9H,1-4,7-8,10-11H2,(H,20,21). The van der Waals surface area contributed by atoms with Crippen molar-refractivity contribution in [1.82, 2.24) is 0 Å². The van der Waals surface area contributed by atoms with Crippen LogP contribution in [0.3, 0.4) is 0 Å². The maximum Gasteiger partial charge on any atom is 0.314 e. The van der Waals surface area contributed by atoms with E-state index in [9.17, 15) is 9.90 Å². The van der Waals surface area contributed by atoms with Gasteiger partial charge in [0.05, 0.1) is 15.5 Å². The summed E-state index contributed by atoms with van der Waals surface area (Å²) in [5.41, 5.74) is 0.277. The molecule has 21 heavy (non-hydrogen) atoms.